The molecule has 0 bridgehead atoms. The summed E-state index contributed by atoms with van der Waals surface area (Å²) in [5.74, 6) is 0. The summed E-state index contributed by atoms with van der Waals surface area (Å²) in [7, 11) is 0. The van der Waals surface area contributed by atoms with Gasteiger partial charge in [0.2, 0.25) is 0 Å². The van der Waals surface area contributed by atoms with Crippen LogP contribution in [0, 0.1) is 11.3 Å². The summed E-state index contributed by atoms with van der Waals surface area (Å²) in [6.45, 7) is 0.949. The minimum atomic E-state index is 0.346. The van der Waals surface area contributed by atoms with E-state index in [9.17, 15) is 0 Å². The molecule has 19 heavy (non-hydrogen) atoms. The Morgan fingerprint density at radius 3 is 2.68 bits per heavy atom. The summed E-state index contributed by atoms with van der Waals surface area (Å²) in [5, 5.41) is 12.3. The van der Waals surface area contributed by atoms with Gasteiger partial charge in [-0.2, -0.15) is 17.0 Å². The average Bonchev–Trinajstić information content (AvgIpc) is 2.47. The van der Waals surface area contributed by atoms with Gasteiger partial charge in [0, 0.05) is 11.3 Å². The van der Waals surface area contributed by atoms with E-state index < -0.39 is 0 Å². The molecule has 0 radical (unpaired) electrons. The van der Waals surface area contributed by atoms with Crippen molar-refractivity contribution in [2.45, 2.75) is 36.9 Å². The molecular formula is C15H21N3S. The van der Waals surface area contributed by atoms with Crippen LogP contribution in [0.5, 0.6) is 0 Å². The Hall–Kier alpha value is -1.34. The molecule has 0 aliphatic heterocycles. The fourth-order valence-corrected chi connectivity index (χ4v) is 3.61. The minimum absolute atomic E-state index is 0.346. The third kappa shape index (κ3) is 3.36. The summed E-state index contributed by atoms with van der Waals surface area (Å²) in [6, 6.07) is 7.56. The topological polar surface area (TPSA) is 61.8 Å². The molecule has 0 aromatic heterocycles. The van der Waals surface area contributed by atoms with E-state index in [0.717, 1.165) is 12.2 Å². The molecule has 3 N–H and O–H groups in total. The van der Waals surface area contributed by atoms with Gasteiger partial charge in [0.1, 0.15) is 0 Å². The third-order valence-electron chi connectivity index (χ3n) is 3.98. The van der Waals surface area contributed by atoms with Gasteiger partial charge in [-0.25, -0.2) is 0 Å². The Morgan fingerprint density at radius 1 is 1.37 bits per heavy atom. The maximum atomic E-state index is 8.84. The second-order valence-electron chi connectivity index (χ2n) is 5.22. The highest BCUT2D eigenvalue weighted by Gasteiger charge is 2.30. The quantitative estimate of drug-likeness (QED) is 0.824. The van der Waals surface area contributed by atoms with Crippen LogP contribution in [0.3, 0.4) is 0 Å². The number of anilines is 2. The zero-order valence-corrected chi connectivity index (χ0v) is 12.2. The summed E-state index contributed by atoms with van der Waals surface area (Å²) in [5.41, 5.74) is 8.19. The van der Waals surface area contributed by atoms with Crippen LogP contribution >= 0.6 is 11.8 Å². The number of nitriles is 1. The van der Waals surface area contributed by atoms with Crippen LogP contribution in [0.15, 0.2) is 18.2 Å². The minimum Gasteiger partial charge on any atom is -0.397 e. The van der Waals surface area contributed by atoms with E-state index in [0.29, 0.717) is 16.0 Å². The fraction of sp³-hybridized carbons (Fsp3) is 0.533. The van der Waals surface area contributed by atoms with Crippen LogP contribution in [0.1, 0.15) is 37.7 Å². The third-order valence-corrected chi connectivity index (χ3v) is 5.40. The van der Waals surface area contributed by atoms with Crippen LogP contribution in [-0.2, 0) is 0 Å². The molecule has 3 nitrogen and oxygen atoms in total. The molecule has 1 aromatic rings. The first-order chi connectivity index (χ1) is 9.19. The van der Waals surface area contributed by atoms with E-state index in [2.05, 4.69) is 17.6 Å². The van der Waals surface area contributed by atoms with Gasteiger partial charge in [-0.3, -0.25) is 0 Å². The Bertz CT molecular complexity index is 473. The van der Waals surface area contributed by atoms with E-state index in [4.69, 9.17) is 11.0 Å². The summed E-state index contributed by atoms with van der Waals surface area (Å²) < 4.78 is 0.346. The number of rotatable bonds is 4. The number of hydrogen-bond donors (Lipinski definition) is 2. The van der Waals surface area contributed by atoms with Gasteiger partial charge < -0.3 is 11.1 Å². The maximum Gasteiger partial charge on any atom is 0.0992 e. The van der Waals surface area contributed by atoms with Crippen molar-refractivity contribution >= 4 is 23.1 Å². The van der Waals surface area contributed by atoms with Crippen molar-refractivity contribution in [1.29, 1.82) is 5.26 Å². The van der Waals surface area contributed by atoms with Gasteiger partial charge in [0.15, 0.2) is 0 Å². The molecule has 1 aliphatic rings. The van der Waals surface area contributed by atoms with Crippen LogP contribution in [0.25, 0.3) is 0 Å². The standard InChI is InChI=1S/C15H21N3S/c1-19-15(7-3-2-4-8-15)11-18-14-6-5-12(10-16)9-13(14)17/h5-6,9,18H,2-4,7-8,11,17H2,1H3. The molecule has 1 aliphatic carbocycles. The highest BCUT2D eigenvalue weighted by Crippen LogP contribution is 2.39. The SMILES string of the molecule is CSC1(CNc2ccc(C#N)cc2N)CCCCC1. The molecule has 2 rings (SSSR count). The first-order valence-corrected chi connectivity index (χ1v) is 8.00. The van der Waals surface area contributed by atoms with Crippen molar-refractivity contribution in [3.05, 3.63) is 23.8 Å². The normalized spacial score (nSPS) is 17.7. The van der Waals surface area contributed by atoms with Gasteiger partial charge in [-0.05, 0) is 37.3 Å². The largest absolute Gasteiger partial charge is 0.397 e. The van der Waals surface area contributed by atoms with Crippen LogP contribution in [-0.4, -0.2) is 17.5 Å². The summed E-state index contributed by atoms with van der Waals surface area (Å²) in [6.07, 6.45) is 8.77. The van der Waals surface area contributed by atoms with E-state index in [1.165, 1.54) is 32.1 Å². The highest BCUT2D eigenvalue weighted by molar-refractivity contribution is 8.00. The van der Waals surface area contributed by atoms with E-state index >= 15 is 0 Å². The van der Waals surface area contributed by atoms with Crippen molar-refractivity contribution in [2.75, 3.05) is 23.9 Å². The van der Waals surface area contributed by atoms with E-state index in [1.54, 1.807) is 6.07 Å². The summed E-state index contributed by atoms with van der Waals surface area (Å²) >= 11 is 1.97. The van der Waals surface area contributed by atoms with E-state index in [1.807, 2.05) is 23.9 Å². The van der Waals surface area contributed by atoms with Gasteiger partial charge in [-0.15, -0.1) is 0 Å². The van der Waals surface area contributed by atoms with Crippen molar-refractivity contribution in [3.63, 3.8) is 0 Å². The Balaban J connectivity index is 2.03. The Morgan fingerprint density at radius 2 is 2.11 bits per heavy atom. The molecule has 0 spiro atoms. The van der Waals surface area contributed by atoms with Gasteiger partial charge in [0.25, 0.3) is 0 Å². The average molecular weight is 275 g/mol. The number of nitrogen functional groups attached to an aromatic ring is 1. The number of nitrogens with two attached hydrogens (primary N) is 1. The number of hydrogen-bond acceptors (Lipinski definition) is 4. The highest BCUT2D eigenvalue weighted by atomic mass is 32.2. The lowest BCUT2D eigenvalue weighted by Gasteiger charge is -2.36. The molecule has 0 unspecified atom stereocenters. The van der Waals surface area contributed by atoms with Crippen molar-refractivity contribution in [1.82, 2.24) is 0 Å². The maximum absolute atomic E-state index is 8.84. The lowest BCUT2D eigenvalue weighted by molar-refractivity contribution is 0.411. The Labute approximate surface area is 119 Å². The molecule has 0 amide bonds. The zero-order valence-electron chi connectivity index (χ0n) is 11.4. The lowest BCUT2D eigenvalue weighted by atomic mass is 9.88. The molecular weight excluding hydrogens is 254 g/mol. The zero-order chi connectivity index (χ0) is 13.7. The summed E-state index contributed by atoms with van der Waals surface area (Å²) in [4.78, 5) is 0. The van der Waals surface area contributed by atoms with Gasteiger partial charge in [-0.1, -0.05) is 19.3 Å². The molecule has 0 heterocycles. The fourth-order valence-electron chi connectivity index (χ4n) is 2.70. The number of nitrogens with zero attached hydrogens (tertiary/aromatic N) is 1. The molecule has 1 fully saturated rings. The Kier molecular flexibility index (Phi) is 4.60. The van der Waals surface area contributed by atoms with Crippen molar-refractivity contribution in [2.24, 2.45) is 0 Å². The van der Waals surface area contributed by atoms with Crippen molar-refractivity contribution in [3.8, 4) is 6.07 Å². The van der Waals surface area contributed by atoms with Crippen LogP contribution in [0.2, 0.25) is 0 Å². The second kappa shape index (κ2) is 6.21. The number of thioether (sulfide) groups is 1. The molecule has 0 atom stereocenters. The first-order valence-electron chi connectivity index (χ1n) is 6.78. The second-order valence-corrected chi connectivity index (χ2v) is 6.49. The van der Waals surface area contributed by atoms with Gasteiger partial charge in [0.05, 0.1) is 23.0 Å². The van der Waals surface area contributed by atoms with E-state index in [-0.39, 0.29) is 0 Å². The number of nitrogens with one attached hydrogen (secondary N) is 1. The monoisotopic (exact) mass is 275 g/mol. The van der Waals surface area contributed by atoms with Crippen LogP contribution < -0.4 is 11.1 Å². The van der Waals surface area contributed by atoms with Crippen LogP contribution in [0.4, 0.5) is 11.4 Å². The molecule has 102 valence electrons. The molecule has 4 heteroatoms. The van der Waals surface area contributed by atoms with Gasteiger partial charge >= 0.3 is 0 Å². The molecule has 1 saturated carbocycles. The molecule has 1 aromatic carbocycles. The first kappa shape index (κ1) is 14.1. The van der Waals surface area contributed by atoms with Crippen molar-refractivity contribution < 1.29 is 0 Å². The predicted octanol–water partition coefficient (Wildman–Crippen LogP) is 3.62. The number of benzene rings is 1. The molecule has 0 saturated heterocycles. The predicted molar refractivity (Wildman–Crippen MR) is 83.4 cm³/mol. The lowest BCUT2D eigenvalue weighted by Crippen LogP contribution is -2.35. The smallest absolute Gasteiger partial charge is 0.0992 e.